The fourth-order valence-electron chi connectivity index (χ4n) is 3.07. The van der Waals surface area contributed by atoms with Crippen LogP contribution in [0, 0.1) is 5.82 Å². The van der Waals surface area contributed by atoms with E-state index in [1.165, 1.54) is 63.8 Å². The lowest BCUT2D eigenvalue weighted by Crippen LogP contribution is -2.40. The molecular weight excluding hydrogens is 487 g/mol. The summed E-state index contributed by atoms with van der Waals surface area (Å²) in [6.45, 7) is 1.39. The van der Waals surface area contributed by atoms with E-state index >= 15 is 0 Å². The summed E-state index contributed by atoms with van der Waals surface area (Å²) in [4.78, 5) is 12.7. The van der Waals surface area contributed by atoms with E-state index in [2.05, 4.69) is 15.5 Å². The molecule has 1 aromatic heterocycles. The Morgan fingerprint density at radius 2 is 1.79 bits per heavy atom. The Balaban J connectivity index is 1.29. The molecule has 4 rings (SSSR count). The van der Waals surface area contributed by atoms with Gasteiger partial charge in [0, 0.05) is 24.4 Å². The summed E-state index contributed by atoms with van der Waals surface area (Å²) >= 11 is 2.80. The van der Waals surface area contributed by atoms with Gasteiger partial charge >= 0.3 is 0 Å². The number of hydrogen-bond acceptors (Lipinski definition) is 9. The number of aromatic nitrogens is 2. The minimum absolute atomic E-state index is 0.00677. The third-order valence-corrected chi connectivity index (χ3v) is 8.86. The Kier molecular flexibility index (Phi) is 7.71. The highest BCUT2D eigenvalue weighted by molar-refractivity contribution is 8.00. The van der Waals surface area contributed by atoms with Crippen molar-refractivity contribution in [1.82, 2.24) is 14.5 Å². The van der Waals surface area contributed by atoms with Gasteiger partial charge in [-0.25, -0.2) is 12.8 Å². The summed E-state index contributed by atoms with van der Waals surface area (Å²) in [5.74, 6) is 0.165. The van der Waals surface area contributed by atoms with Crippen molar-refractivity contribution in [3.63, 3.8) is 0 Å². The monoisotopic (exact) mass is 508 g/mol. The maximum Gasteiger partial charge on any atom is 0.243 e. The molecule has 2 aromatic carbocycles. The second-order valence-electron chi connectivity index (χ2n) is 7.11. The van der Waals surface area contributed by atoms with E-state index in [-0.39, 0.29) is 23.0 Å². The van der Waals surface area contributed by atoms with Crippen molar-refractivity contribution < 1.29 is 22.3 Å². The van der Waals surface area contributed by atoms with E-state index in [0.29, 0.717) is 42.8 Å². The summed E-state index contributed by atoms with van der Waals surface area (Å²) in [5.41, 5.74) is 1.37. The molecule has 0 atom stereocenters. The fraction of sp³-hybridized carbons (Fsp3) is 0.286. The zero-order chi connectivity index (χ0) is 23.3. The first-order chi connectivity index (χ1) is 15.9. The fourth-order valence-corrected chi connectivity index (χ4v) is 6.18. The van der Waals surface area contributed by atoms with Gasteiger partial charge in [-0.3, -0.25) is 4.79 Å². The predicted molar refractivity (Wildman–Crippen MR) is 125 cm³/mol. The molecule has 1 aliphatic rings. The van der Waals surface area contributed by atoms with Crippen molar-refractivity contribution in [2.45, 2.75) is 15.0 Å². The average Bonchev–Trinajstić information content (AvgIpc) is 3.31. The molecule has 0 radical (unpaired) electrons. The van der Waals surface area contributed by atoms with Gasteiger partial charge in [-0.1, -0.05) is 35.2 Å². The molecule has 3 aromatic rings. The van der Waals surface area contributed by atoms with Gasteiger partial charge in [0.25, 0.3) is 0 Å². The molecule has 0 spiro atoms. The number of sulfonamides is 1. The Hall–Kier alpha value is -2.38. The molecule has 1 fully saturated rings. The van der Waals surface area contributed by atoms with Crippen LogP contribution in [0.15, 0.2) is 57.8 Å². The third kappa shape index (κ3) is 6.15. The van der Waals surface area contributed by atoms with E-state index in [9.17, 15) is 17.6 Å². The van der Waals surface area contributed by atoms with Crippen LogP contribution in [0.2, 0.25) is 0 Å². The summed E-state index contributed by atoms with van der Waals surface area (Å²) < 4.78 is 45.7. The average molecular weight is 509 g/mol. The Morgan fingerprint density at radius 3 is 2.48 bits per heavy atom. The van der Waals surface area contributed by atoms with Gasteiger partial charge in [-0.15, -0.1) is 10.2 Å². The molecule has 0 saturated carbocycles. The Labute approximate surface area is 199 Å². The molecule has 0 amide bonds. The molecule has 1 saturated heterocycles. The van der Waals surface area contributed by atoms with Gasteiger partial charge in [0.15, 0.2) is 10.1 Å². The quantitative estimate of drug-likeness (QED) is 0.347. The normalized spacial score (nSPS) is 14.8. The van der Waals surface area contributed by atoms with E-state index < -0.39 is 10.0 Å². The van der Waals surface area contributed by atoms with E-state index in [1.54, 1.807) is 12.1 Å². The molecule has 1 N–H and O–H groups in total. The van der Waals surface area contributed by atoms with Crippen LogP contribution in [0.3, 0.4) is 0 Å². The topological polar surface area (TPSA) is 101 Å². The van der Waals surface area contributed by atoms with E-state index in [0.717, 1.165) is 9.90 Å². The Bertz CT molecular complexity index is 1200. The number of nitrogens with one attached hydrogen (secondary N) is 1. The van der Waals surface area contributed by atoms with Crippen molar-refractivity contribution in [1.29, 1.82) is 0 Å². The molecule has 174 valence electrons. The second kappa shape index (κ2) is 10.7. The summed E-state index contributed by atoms with van der Waals surface area (Å²) in [6, 6.07) is 12.2. The summed E-state index contributed by atoms with van der Waals surface area (Å²) in [5, 5.41) is 11.6. The minimum atomic E-state index is -3.60. The predicted octanol–water partition coefficient (Wildman–Crippen LogP) is 3.29. The number of carbonyl (C=O) groups excluding carboxylic acids is 1. The molecule has 1 aliphatic heterocycles. The third-order valence-electron chi connectivity index (χ3n) is 4.87. The van der Waals surface area contributed by atoms with Crippen molar-refractivity contribution in [2.24, 2.45) is 0 Å². The molecule has 33 heavy (non-hydrogen) atoms. The zero-order valence-electron chi connectivity index (χ0n) is 17.4. The molecule has 12 heteroatoms. The van der Waals surface area contributed by atoms with Gasteiger partial charge in [-0.2, -0.15) is 4.31 Å². The van der Waals surface area contributed by atoms with Crippen LogP contribution in [0.4, 0.5) is 9.52 Å². The van der Waals surface area contributed by atoms with Crippen LogP contribution in [0.5, 0.6) is 0 Å². The first-order valence-corrected chi connectivity index (χ1v) is 13.3. The van der Waals surface area contributed by atoms with Crippen molar-refractivity contribution in [2.75, 3.05) is 38.2 Å². The van der Waals surface area contributed by atoms with Crippen LogP contribution in [0.1, 0.15) is 15.9 Å². The maximum atomic E-state index is 13.0. The van der Waals surface area contributed by atoms with E-state index in [1.807, 2.05) is 0 Å². The lowest BCUT2D eigenvalue weighted by molar-refractivity contribution is 0.0730. The number of carbonyl (C=O) groups is 1. The number of anilines is 1. The largest absolute Gasteiger partial charge is 0.379 e. The molecule has 0 unspecified atom stereocenters. The molecule has 0 aliphatic carbocycles. The highest BCUT2D eigenvalue weighted by atomic mass is 32.2. The van der Waals surface area contributed by atoms with E-state index in [4.69, 9.17) is 4.74 Å². The standard InChI is InChI=1S/C21H21FN4O4S3/c22-17-5-1-15(2-6-17)14-31-21-25-24-20(32-21)23-13-19(27)16-3-7-18(8-4-16)33(28,29)26-9-11-30-12-10-26/h1-8H,9-14H2,(H,23,24). The highest BCUT2D eigenvalue weighted by Crippen LogP contribution is 2.28. The first kappa shape index (κ1) is 23.8. The SMILES string of the molecule is O=C(CNc1nnc(SCc2ccc(F)cc2)s1)c1ccc(S(=O)(=O)N2CCOCC2)cc1. The van der Waals surface area contributed by atoms with Gasteiger partial charge in [-0.05, 0) is 42.0 Å². The zero-order valence-corrected chi connectivity index (χ0v) is 19.9. The number of hydrogen-bond donors (Lipinski definition) is 1. The number of morpholine rings is 1. The van der Waals surface area contributed by atoms with Crippen LogP contribution in [-0.2, 0) is 20.5 Å². The van der Waals surface area contributed by atoms with Crippen LogP contribution < -0.4 is 5.32 Å². The minimum Gasteiger partial charge on any atom is -0.379 e. The van der Waals surface area contributed by atoms with Gasteiger partial charge < -0.3 is 10.1 Å². The number of benzene rings is 2. The number of thioether (sulfide) groups is 1. The van der Waals surface area contributed by atoms with Crippen LogP contribution >= 0.6 is 23.1 Å². The Morgan fingerprint density at radius 1 is 1.09 bits per heavy atom. The molecule has 0 bridgehead atoms. The number of halogens is 1. The van der Waals surface area contributed by atoms with Crippen molar-refractivity contribution in [3.05, 3.63) is 65.5 Å². The van der Waals surface area contributed by atoms with Crippen molar-refractivity contribution in [3.8, 4) is 0 Å². The van der Waals surface area contributed by atoms with Gasteiger partial charge in [0.2, 0.25) is 15.2 Å². The van der Waals surface area contributed by atoms with Crippen molar-refractivity contribution >= 4 is 44.0 Å². The van der Waals surface area contributed by atoms with Crippen LogP contribution in [0.25, 0.3) is 0 Å². The number of ketones is 1. The first-order valence-electron chi connectivity index (χ1n) is 10.1. The van der Waals surface area contributed by atoms with Gasteiger partial charge in [0.1, 0.15) is 5.82 Å². The number of rotatable bonds is 9. The number of ether oxygens (including phenoxy) is 1. The lowest BCUT2D eigenvalue weighted by atomic mass is 10.1. The highest BCUT2D eigenvalue weighted by Gasteiger charge is 2.26. The van der Waals surface area contributed by atoms with Gasteiger partial charge in [0.05, 0.1) is 24.7 Å². The second-order valence-corrected chi connectivity index (χ2v) is 11.2. The molecule has 2 heterocycles. The molecular formula is C21H21FN4O4S3. The number of Topliss-reactive ketones (excluding diaryl/α,β-unsaturated/α-hetero) is 1. The lowest BCUT2D eigenvalue weighted by Gasteiger charge is -2.26. The smallest absolute Gasteiger partial charge is 0.243 e. The van der Waals surface area contributed by atoms with Crippen LogP contribution in [-0.4, -0.2) is 61.6 Å². The summed E-state index contributed by atoms with van der Waals surface area (Å²) in [7, 11) is -3.60. The summed E-state index contributed by atoms with van der Waals surface area (Å²) in [6.07, 6.45) is 0. The number of nitrogens with zero attached hydrogens (tertiary/aromatic N) is 3. The maximum absolute atomic E-state index is 13.0. The molecule has 8 nitrogen and oxygen atoms in total.